The maximum atomic E-state index is 4.38. The van der Waals surface area contributed by atoms with Crippen LogP contribution in [-0.2, 0) is 0 Å². The van der Waals surface area contributed by atoms with E-state index >= 15 is 0 Å². The molecule has 2 nitrogen and oxygen atoms in total. The van der Waals surface area contributed by atoms with Gasteiger partial charge in [0, 0.05) is 18.5 Å². The Hall–Kier alpha value is -0.960. The van der Waals surface area contributed by atoms with Crippen LogP contribution < -0.4 is 5.32 Å². The molecule has 0 aromatic heterocycles. The first-order valence-electron chi connectivity index (χ1n) is 3.94. The fourth-order valence-corrected chi connectivity index (χ4v) is 1.93. The molecule has 0 saturated heterocycles. The molecular weight excluding hydrogens is 168 g/mol. The van der Waals surface area contributed by atoms with Crippen LogP contribution in [0.1, 0.15) is 0 Å². The van der Waals surface area contributed by atoms with E-state index in [0.717, 1.165) is 23.0 Å². The van der Waals surface area contributed by atoms with Gasteiger partial charge in [-0.15, -0.1) is 11.8 Å². The topological polar surface area (TPSA) is 24.4 Å². The van der Waals surface area contributed by atoms with Crippen molar-refractivity contribution in [3.8, 4) is 0 Å². The Bertz CT molecular complexity index is 287. The zero-order chi connectivity index (χ0) is 8.23. The zero-order valence-corrected chi connectivity index (χ0v) is 7.47. The smallest absolute Gasteiger partial charge is 0.114 e. The first-order valence-corrected chi connectivity index (χ1v) is 4.93. The first-order chi connectivity index (χ1) is 5.97. The Morgan fingerprint density at radius 1 is 1.33 bits per heavy atom. The van der Waals surface area contributed by atoms with Crippen LogP contribution in [0.15, 0.2) is 41.2 Å². The van der Waals surface area contributed by atoms with Crippen LogP contribution in [0.25, 0.3) is 0 Å². The summed E-state index contributed by atoms with van der Waals surface area (Å²) in [5, 5.41) is 4.32. The average molecular weight is 178 g/mol. The summed E-state index contributed by atoms with van der Waals surface area (Å²) in [5.41, 5.74) is 1.11. The second kappa shape index (κ2) is 3.63. The van der Waals surface area contributed by atoms with Crippen LogP contribution in [0.5, 0.6) is 0 Å². The lowest BCUT2D eigenvalue weighted by atomic mass is 10.4. The second-order valence-electron chi connectivity index (χ2n) is 2.50. The quantitative estimate of drug-likeness (QED) is 0.660. The summed E-state index contributed by atoms with van der Waals surface area (Å²) in [6.07, 6.45) is 9.98. The summed E-state index contributed by atoms with van der Waals surface area (Å²) in [4.78, 5) is 4.38. The van der Waals surface area contributed by atoms with E-state index in [1.54, 1.807) is 0 Å². The maximum Gasteiger partial charge on any atom is 0.114 e. The van der Waals surface area contributed by atoms with Gasteiger partial charge in [0.25, 0.3) is 0 Å². The first kappa shape index (κ1) is 7.68. The molecule has 62 valence electrons. The highest BCUT2D eigenvalue weighted by atomic mass is 32.2. The van der Waals surface area contributed by atoms with Gasteiger partial charge in [0.1, 0.15) is 5.04 Å². The Labute approximate surface area is 76.1 Å². The molecule has 0 fully saturated rings. The number of allylic oxidation sites excluding steroid dienone is 4. The largest absolute Gasteiger partial charge is 0.360 e. The van der Waals surface area contributed by atoms with E-state index in [4.69, 9.17) is 0 Å². The van der Waals surface area contributed by atoms with Crippen LogP contribution in [0.2, 0.25) is 0 Å². The van der Waals surface area contributed by atoms with E-state index in [9.17, 15) is 0 Å². The van der Waals surface area contributed by atoms with E-state index in [1.807, 2.05) is 36.2 Å². The van der Waals surface area contributed by atoms with Crippen LogP contribution in [-0.4, -0.2) is 17.3 Å². The molecule has 0 amide bonds. The maximum absolute atomic E-state index is 4.38. The molecule has 3 heteroatoms. The lowest BCUT2D eigenvalue weighted by Crippen LogP contribution is -2.10. The van der Waals surface area contributed by atoms with Crippen LogP contribution in [0.4, 0.5) is 0 Å². The fourth-order valence-electron chi connectivity index (χ4n) is 1.09. The van der Waals surface area contributed by atoms with Gasteiger partial charge >= 0.3 is 0 Å². The van der Waals surface area contributed by atoms with Crippen molar-refractivity contribution in [2.75, 3.05) is 12.3 Å². The third-order valence-electron chi connectivity index (χ3n) is 1.64. The van der Waals surface area contributed by atoms with Gasteiger partial charge in [-0.25, -0.2) is 0 Å². The summed E-state index contributed by atoms with van der Waals surface area (Å²) in [5.74, 6) is 1.11. The Morgan fingerprint density at radius 3 is 3.17 bits per heavy atom. The predicted octanol–water partition coefficient (Wildman–Crippen LogP) is 1.69. The van der Waals surface area contributed by atoms with Crippen LogP contribution >= 0.6 is 11.8 Å². The van der Waals surface area contributed by atoms with Gasteiger partial charge in [-0.05, 0) is 12.2 Å². The molecule has 0 bridgehead atoms. The van der Waals surface area contributed by atoms with E-state index in [0.29, 0.717) is 0 Å². The molecule has 0 atom stereocenters. The molecule has 0 aromatic carbocycles. The predicted molar refractivity (Wildman–Crippen MR) is 54.3 cm³/mol. The third-order valence-corrected chi connectivity index (χ3v) is 2.65. The highest BCUT2D eigenvalue weighted by molar-refractivity contribution is 8.14. The molecule has 0 unspecified atom stereocenters. The molecule has 0 saturated carbocycles. The summed E-state index contributed by atoms with van der Waals surface area (Å²) >= 11 is 1.81. The minimum atomic E-state index is 0.951. The molecule has 2 rings (SSSR count). The standard InChI is InChI=1S/C9H10N2S/c1-2-4-8(10-5-3-1)9-11-6-7-12-9/h1-5,10H,6-7H2. The summed E-state index contributed by atoms with van der Waals surface area (Å²) in [6.45, 7) is 0.951. The second-order valence-corrected chi connectivity index (χ2v) is 3.59. The molecule has 2 aliphatic heterocycles. The minimum absolute atomic E-state index is 0.951. The van der Waals surface area contributed by atoms with Crippen molar-refractivity contribution >= 4 is 16.8 Å². The summed E-state index contributed by atoms with van der Waals surface area (Å²) in [7, 11) is 0. The van der Waals surface area contributed by atoms with Gasteiger partial charge in [0.15, 0.2) is 0 Å². The molecule has 12 heavy (non-hydrogen) atoms. The average Bonchev–Trinajstić information content (AvgIpc) is 2.48. The Kier molecular flexibility index (Phi) is 2.32. The molecule has 0 radical (unpaired) electrons. The van der Waals surface area contributed by atoms with Crippen molar-refractivity contribution < 1.29 is 0 Å². The molecule has 1 N–H and O–H groups in total. The van der Waals surface area contributed by atoms with Gasteiger partial charge in [0.2, 0.25) is 0 Å². The van der Waals surface area contributed by atoms with Crippen molar-refractivity contribution in [2.45, 2.75) is 0 Å². The minimum Gasteiger partial charge on any atom is -0.360 e. The molecule has 2 heterocycles. The van der Waals surface area contributed by atoms with Gasteiger partial charge in [-0.2, -0.15) is 0 Å². The lowest BCUT2D eigenvalue weighted by molar-refractivity contribution is 1.12. The number of aliphatic imine (C=N–C) groups is 1. The van der Waals surface area contributed by atoms with Crippen LogP contribution in [0, 0.1) is 0 Å². The number of nitrogens with zero attached hydrogens (tertiary/aromatic N) is 1. The Morgan fingerprint density at radius 2 is 2.33 bits per heavy atom. The normalized spacial score (nSPS) is 21.3. The lowest BCUT2D eigenvalue weighted by Gasteiger charge is -2.03. The fraction of sp³-hybridized carbons (Fsp3) is 0.222. The van der Waals surface area contributed by atoms with E-state index in [2.05, 4.69) is 16.4 Å². The van der Waals surface area contributed by atoms with E-state index in [-0.39, 0.29) is 0 Å². The Balaban J connectivity index is 2.17. The third kappa shape index (κ3) is 1.61. The number of thioether (sulfide) groups is 1. The van der Waals surface area contributed by atoms with E-state index in [1.165, 1.54) is 0 Å². The number of rotatable bonds is 1. The number of hydrogen-bond acceptors (Lipinski definition) is 3. The molecule has 0 aliphatic carbocycles. The van der Waals surface area contributed by atoms with Gasteiger partial charge in [-0.3, -0.25) is 4.99 Å². The molecule has 2 aliphatic rings. The number of hydrogen-bond donors (Lipinski definition) is 1. The number of nitrogens with one attached hydrogen (secondary N) is 1. The van der Waals surface area contributed by atoms with Crippen molar-refractivity contribution in [3.05, 3.63) is 36.2 Å². The molecular formula is C9H10N2S. The van der Waals surface area contributed by atoms with Gasteiger partial charge in [0.05, 0.1) is 5.70 Å². The SMILES string of the molecule is C1=CC=C(C2=NCCS2)NC=C1. The monoisotopic (exact) mass is 178 g/mol. The van der Waals surface area contributed by atoms with Crippen molar-refractivity contribution in [1.82, 2.24) is 5.32 Å². The van der Waals surface area contributed by atoms with Gasteiger partial charge < -0.3 is 5.32 Å². The van der Waals surface area contributed by atoms with Crippen molar-refractivity contribution in [1.29, 1.82) is 0 Å². The van der Waals surface area contributed by atoms with Crippen LogP contribution in [0.3, 0.4) is 0 Å². The zero-order valence-electron chi connectivity index (χ0n) is 6.66. The van der Waals surface area contributed by atoms with Crippen molar-refractivity contribution in [2.24, 2.45) is 4.99 Å². The van der Waals surface area contributed by atoms with E-state index < -0.39 is 0 Å². The highest BCUT2D eigenvalue weighted by Gasteiger charge is 2.10. The summed E-state index contributed by atoms with van der Waals surface area (Å²) < 4.78 is 0. The van der Waals surface area contributed by atoms with Gasteiger partial charge in [-0.1, -0.05) is 12.2 Å². The highest BCUT2D eigenvalue weighted by Crippen LogP contribution is 2.17. The molecule has 0 spiro atoms. The van der Waals surface area contributed by atoms with Crippen molar-refractivity contribution in [3.63, 3.8) is 0 Å². The molecule has 0 aromatic rings. The summed E-state index contributed by atoms with van der Waals surface area (Å²) in [6, 6.07) is 0.